The largest absolute Gasteiger partial charge is 0.308 e. The van der Waals surface area contributed by atoms with Gasteiger partial charge in [-0.2, -0.15) is 0 Å². The lowest BCUT2D eigenvalue weighted by atomic mass is 10.1. The molecule has 0 bridgehead atoms. The summed E-state index contributed by atoms with van der Waals surface area (Å²) in [7, 11) is 1.70. The maximum atomic E-state index is 12.9. The zero-order valence-electron chi connectivity index (χ0n) is 14.3. The number of hydrogen-bond acceptors (Lipinski definition) is 4. The van der Waals surface area contributed by atoms with Gasteiger partial charge in [-0.1, -0.05) is 30.3 Å². The molecule has 1 N–H and O–H groups in total. The zero-order chi connectivity index (χ0) is 18.0. The molecule has 1 amide bonds. The van der Waals surface area contributed by atoms with Crippen LogP contribution in [0.15, 0.2) is 53.7 Å². The number of aromatic nitrogens is 4. The molecule has 0 spiro atoms. The van der Waals surface area contributed by atoms with Gasteiger partial charge in [0.2, 0.25) is 5.95 Å². The predicted molar refractivity (Wildman–Crippen MR) is 94.7 cm³/mol. The smallest absolute Gasteiger partial charge is 0.264 e. The van der Waals surface area contributed by atoms with Gasteiger partial charge in [-0.15, -0.1) is 5.10 Å². The molecule has 1 atom stereocenters. The Kier molecular flexibility index (Phi) is 4.47. The summed E-state index contributed by atoms with van der Waals surface area (Å²) in [6, 6.07) is 11.3. The van der Waals surface area contributed by atoms with Crippen LogP contribution < -0.4 is 10.9 Å². The number of carbonyl (C=O) groups excluding carboxylic acids is 1. The second-order valence-electron chi connectivity index (χ2n) is 5.87. The average Bonchev–Trinajstić information content (AvgIpc) is 3.00. The van der Waals surface area contributed by atoms with Crippen molar-refractivity contribution in [3.63, 3.8) is 0 Å². The molecule has 1 unspecified atom stereocenters. The Morgan fingerprint density at radius 3 is 2.56 bits per heavy atom. The van der Waals surface area contributed by atoms with Gasteiger partial charge in [0.05, 0.1) is 6.04 Å². The van der Waals surface area contributed by atoms with Gasteiger partial charge in [-0.3, -0.25) is 19.6 Å². The van der Waals surface area contributed by atoms with Crippen LogP contribution in [-0.4, -0.2) is 25.2 Å². The summed E-state index contributed by atoms with van der Waals surface area (Å²) in [5.41, 5.74) is 1.35. The molecule has 7 nitrogen and oxygen atoms in total. The number of nitrogens with one attached hydrogen (secondary N) is 1. The summed E-state index contributed by atoms with van der Waals surface area (Å²) >= 11 is 0. The molecule has 25 heavy (non-hydrogen) atoms. The van der Waals surface area contributed by atoms with Gasteiger partial charge in [0.1, 0.15) is 11.9 Å². The molecule has 0 fully saturated rings. The van der Waals surface area contributed by atoms with E-state index in [1.807, 2.05) is 37.3 Å². The Hall–Kier alpha value is -3.22. The van der Waals surface area contributed by atoms with E-state index in [2.05, 4.69) is 15.4 Å². The lowest BCUT2D eigenvalue weighted by Gasteiger charge is -2.17. The molecule has 2 aromatic heterocycles. The van der Waals surface area contributed by atoms with Gasteiger partial charge >= 0.3 is 0 Å². The lowest BCUT2D eigenvalue weighted by molar-refractivity contribution is 0.102. The summed E-state index contributed by atoms with van der Waals surface area (Å²) in [6.45, 7) is 3.66. The van der Waals surface area contributed by atoms with Crippen molar-refractivity contribution < 1.29 is 4.79 Å². The molecule has 7 heteroatoms. The third-order valence-corrected chi connectivity index (χ3v) is 4.08. The highest BCUT2D eigenvalue weighted by Crippen LogP contribution is 2.16. The third kappa shape index (κ3) is 3.35. The van der Waals surface area contributed by atoms with Crippen molar-refractivity contribution in [2.24, 2.45) is 7.05 Å². The maximum absolute atomic E-state index is 12.9. The van der Waals surface area contributed by atoms with Crippen LogP contribution in [0.4, 0.5) is 5.95 Å². The second-order valence-corrected chi connectivity index (χ2v) is 5.87. The Labute approximate surface area is 144 Å². The van der Waals surface area contributed by atoms with E-state index in [-0.39, 0.29) is 23.1 Å². The monoisotopic (exact) mass is 337 g/mol. The standard InChI is InChI=1S/C18H19N5O2/c1-12-9-10-23(13(2)14-7-5-4-6-8-14)17(25)15(12)16(24)20-18-19-11-22(3)21-18/h4-11,13H,1-3H3,(H,20,21,24). The van der Waals surface area contributed by atoms with Crippen LogP contribution in [0.2, 0.25) is 0 Å². The number of anilines is 1. The first-order valence-electron chi connectivity index (χ1n) is 7.91. The zero-order valence-corrected chi connectivity index (χ0v) is 14.3. The van der Waals surface area contributed by atoms with E-state index in [0.29, 0.717) is 5.56 Å². The Bertz CT molecular complexity index is 959. The van der Waals surface area contributed by atoms with E-state index in [4.69, 9.17) is 0 Å². The third-order valence-electron chi connectivity index (χ3n) is 4.08. The minimum absolute atomic E-state index is 0.0951. The molecule has 2 heterocycles. The van der Waals surface area contributed by atoms with Crippen molar-refractivity contribution in [3.8, 4) is 0 Å². The minimum atomic E-state index is -0.511. The molecule has 3 rings (SSSR count). The van der Waals surface area contributed by atoms with Gasteiger partial charge in [0.15, 0.2) is 0 Å². The summed E-state index contributed by atoms with van der Waals surface area (Å²) in [6.07, 6.45) is 3.19. The molecule has 1 aromatic carbocycles. The number of carbonyl (C=O) groups is 1. The molecule has 0 radical (unpaired) electrons. The first kappa shape index (κ1) is 16.6. The first-order valence-corrected chi connectivity index (χ1v) is 7.91. The SMILES string of the molecule is Cc1ccn(C(C)c2ccccc2)c(=O)c1C(=O)Nc1ncn(C)n1. The van der Waals surface area contributed by atoms with Crippen LogP contribution in [0.5, 0.6) is 0 Å². The number of hydrogen-bond donors (Lipinski definition) is 1. The molecular weight excluding hydrogens is 318 g/mol. The molecule has 0 saturated heterocycles. The quantitative estimate of drug-likeness (QED) is 0.791. The van der Waals surface area contributed by atoms with E-state index >= 15 is 0 Å². The van der Waals surface area contributed by atoms with Crippen molar-refractivity contribution in [3.05, 3.63) is 76.0 Å². The fraction of sp³-hybridized carbons (Fsp3) is 0.222. The molecule has 0 aliphatic rings. The molecule has 3 aromatic rings. The number of pyridine rings is 1. The predicted octanol–water partition coefficient (Wildman–Crippen LogP) is 2.15. The number of rotatable bonds is 4. The van der Waals surface area contributed by atoms with Crippen molar-refractivity contribution in [1.82, 2.24) is 19.3 Å². The van der Waals surface area contributed by atoms with Crippen LogP contribution in [0.25, 0.3) is 0 Å². The normalized spacial score (nSPS) is 12.0. The summed E-state index contributed by atoms with van der Waals surface area (Å²) in [5.74, 6) is -0.346. The van der Waals surface area contributed by atoms with Crippen molar-refractivity contribution in [2.75, 3.05) is 5.32 Å². The molecule has 128 valence electrons. The molecular formula is C18H19N5O2. The van der Waals surface area contributed by atoms with Gasteiger partial charge in [-0.05, 0) is 31.0 Å². The van der Waals surface area contributed by atoms with E-state index in [9.17, 15) is 9.59 Å². The van der Waals surface area contributed by atoms with Crippen molar-refractivity contribution in [1.29, 1.82) is 0 Å². The summed E-state index contributed by atoms with van der Waals surface area (Å²) in [4.78, 5) is 29.4. The number of amides is 1. The van der Waals surface area contributed by atoms with Gasteiger partial charge < -0.3 is 4.57 Å². The first-order chi connectivity index (χ1) is 12.0. The molecule has 0 aliphatic carbocycles. The van der Waals surface area contributed by atoms with Crippen LogP contribution in [0, 0.1) is 6.92 Å². The topological polar surface area (TPSA) is 81.8 Å². The number of benzene rings is 1. The van der Waals surface area contributed by atoms with Crippen LogP contribution in [0.3, 0.4) is 0 Å². The maximum Gasteiger partial charge on any atom is 0.264 e. The average molecular weight is 337 g/mol. The highest BCUT2D eigenvalue weighted by Gasteiger charge is 2.19. The van der Waals surface area contributed by atoms with E-state index in [1.54, 1.807) is 30.8 Å². The fourth-order valence-corrected chi connectivity index (χ4v) is 2.67. The Morgan fingerprint density at radius 1 is 1.20 bits per heavy atom. The fourth-order valence-electron chi connectivity index (χ4n) is 2.67. The van der Waals surface area contributed by atoms with Gasteiger partial charge in [0, 0.05) is 13.2 Å². The number of aryl methyl sites for hydroxylation is 2. The van der Waals surface area contributed by atoms with Crippen LogP contribution in [0.1, 0.15) is 34.5 Å². The van der Waals surface area contributed by atoms with E-state index < -0.39 is 5.91 Å². The van der Waals surface area contributed by atoms with Gasteiger partial charge in [-0.25, -0.2) is 4.98 Å². The highest BCUT2D eigenvalue weighted by molar-refractivity contribution is 6.04. The Balaban J connectivity index is 1.97. The molecule has 0 saturated carbocycles. The van der Waals surface area contributed by atoms with Crippen molar-refractivity contribution >= 4 is 11.9 Å². The second kappa shape index (κ2) is 6.72. The van der Waals surface area contributed by atoms with E-state index in [0.717, 1.165) is 5.56 Å². The van der Waals surface area contributed by atoms with Crippen LogP contribution in [-0.2, 0) is 7.05 Å². The summed E-state index contributed by atoms with van der Waals surface area (Å²) in [5, 5.41) is 6.58. The highest BCUT2D eigenvalue weighted by atomic mass is 16.2. The van der Waals surface area contributed by atoms with E-state index in [1.165, 1.54) is 11.0 Å². The van der Waals surface area contributed by atoms with Gasteiger partial charge in [0.25, 0.3) is 11.5 Å². The van der Waals surface area contributed by atoms with Crippen LogP contribution >= 0.6 is 0 Å². The number of nitrogens with zero attached hydrogens (tertiary/aromatic N) is 4. The Morgan fingerprint density at radius 2 is 1.92 bits per heavy atom. The van der Waals surface area contributed by atoms with Crippen molar-refractivity contribution in [2.45, 2.75) is 19.9 Å². The summed E-state index contributed by atoms with van der Waals surface area (Å²) < 4.78 is 3.03. The lowest BCUT2D eigenvalue weighted by Crippen LogP contribution is -2.32. The minimum Gasteiger partial charge on any atom is -0.308 e. The molecule has 0 aliphatic heterocycles.